The second-order valence-electron chi connectivity index (χ2n) is 5.70. The second kappa shape index (κ2) is 8.82. The number of aryl methyl sites for hydroxylation is 1. The van der Waals surface area contributed by atoms with E-state index in [-0.39, 0.29) is 30.4 Å². The highest BCUT2D eigenvalue weighted by Crippen LogP contribution is 2.15. The Kier molecular flexibility index (Phi) is 6.51. The molecule has 1 N–H and O–H groups in total. The summed E-state index contributed by atoms with van der Waals surface area (Å²) < 4.78 is 6.92. The molecule has 0 aliphatic rings. The van der Waals surface area contributed by atoms with E-state index < -0.39 is 5.56 Å². The summed E-state index contributed by atoms with van der Waals surface area (Å²) in [5.41, 5.74) is 1.12. The van der Waals surface area contributed by atoms with Crippen LogP contribution in [0, 0.1) is 6.92 Å². The first-order valence-corrected chi connectivity index (χ1v) is 8.19. The molecule has 0 radical (unpaired) electrons. The van der Waals surface area contributed by atoms with E-state index in [0.717, 1.165) is 12.0 Å². The van der Waals surface area contributed by atoms with Gasteiger partial charge in [-0.1, -0.05) is 37.3 Å². The van der Waals surface area contributed by atoms with Crippen LogP contribution in [-0.4, -0.2) is 23.3 Å². The summed E-state index contributed by atoms with van der Waals surface area (Å²) in [5, 5.41) is 2.73. The van der Waals surface area contributed by atoms with Gasteiger partial charge in [0.25, 0.3) is 5.56 Å². The van der Waals surface area contributed by atoms with Crippen molar-refractivity contribution in [3.05, 3.63) is 63.6 Å². The lowest BCUT2D eigenvalue weighted by molar-refractivity contribution is -0.121. The molecule has 6 nitrogen and oxygen atoms in total. The quantitative estimate of drug-likeness (QED) is 0.745. The van der Waals surface area contributed by atoms with Gasteiger partial charge >= 0.3 is 0 Å². The number of hydrogen-bond donors (Lipinski definition) is 1. The Morgan fingerprint density at radius 2 is 2.00 bits per heavy atom. The van der Waals surface area contributed by atoms with Crippen LogP contribution in [0.4, 0.5) is 0 Å². The fraction of sp³-hybridized carbons (Fsp3) is 0.316. The molecular weight excluding hydrogens is 320 g/mol. The van der Waals surface area contributed by atoms with Gasteiger partial charge in [0, 0.05) is 12.2 Å². The Morgan fingerprint density at radius 1 is 1.28 bits per heavy atom. The molecule has 0 bridgehead atoms. The normalized spacial score (nSPS) is 10.3. The lowest BCUT2D eigenvalue weighted by Crippen LogP contribution is -2.34. The molecule has 0 saturated carbocycles. The maximum Gasteiger partial charge on any atom is 0.294 e. The minimum Gasteiger partial charge on any atom is -0.483 e. The van der Waals surface area contributed by atoms with E-state index in [1.165, 1.54) is 4.57 Å². The summed E-state index contributed by atoms with van der Waals surface area (Å²) in [5.74, 6) is -0.285. The van der Waals surface area contributed by atoms with Crippen molar-refractivity contribution in [2.75, 3.05) is 6.54 Å². The van der Waals surface area contributed by atoms with Crippen LogP contribution in [0.25, 0.3) is 0 Å². The number of rotatable bonds is 8. The molecule has 0 atom stereocenters. The van der Waals surface area contributed by atoms with Crippen molar-refractivity contribution in [2.24, 2.45) is 0 Å². The number of nitrogens with one attached hydrogen (secondary N) is 1. The SMILES string of the molecule is CCCNC(=O)Cn1c(C)cc(C=O)c(OCc2ccccc2)c1=O. The topological polar surface area (TPSA) is 77.4 Å². The van der Waals surface area contributed by atoms with Crippen LogP contribution in [0.2, 0.25) is 0 Å². The van der Waals surface area contributed by atoms with Gasteiger partial charge in [0.15, 0.2) is 12.0 Å². The third kappa shape index (κ3) is 4.79. The highest BCUT2D eigenvalue weighted by molar-refractivity contribution is 5.80. The highest BCUT2D eigenvalue weighted by Gasteiger charge is 2.16. The van der Waals surface area contributed by atoms with Crippen LogP contribution in [0.5, 0.6) is 5.75 Å². The number of carbonyl (C=O) groups is 2. The lowest BCUT2D eigenvalue weighted by Gasteiger charge is -2.14. The monoisotopic (exact) mass is 342 g/mol. The van der Waals surface area contributed by atoms with Gasteiger partial charge in [-0.05, 0) is 25.0 Å². The molecule has 1 amide bonds. The van der Waals surface area contributed by atoms with Crippen molar-refractivity contribution in [3.8, 4) is 5.75 Å². The summed E-state index contributed by atoms with van der Waals surface area (Å²) in [6.45, 7) is 4.25. The Balaban J connectivity index is 2.28. The fourth-order valence-corrected chi connectivity index (χ4v) is 2.40. The maximum absolute atomic E-state index is 12.7. The van der Waals surface area contributed by atoms with Crippen molar-refractivity contribution in [1.29, 1.82) is 0 Å². The van der Waals surface area contributed by atoms with Crippen LogP contribution in [0.15, 0.2) is 41.2 Å². The van der Waals surface area contributed by atoms with Crippen molar-refractivity contribution in [3.63, 3.8) is 0 Å². The van der Waals surface area contributed by atoms with E-state index in [4.69, 9.17) is 4.74 Å². The predicted molar refractivity (Wildman–Crippen MR) is 94.9 cm³/mol. The Morgan fingerprint density at radius 3 is 2.64 bits per heavy atom. The Bertz CT molecular complexity index is 797. The third-order valence-electron chi connectivity index (χ3n) is 3.72. The lowest BCUT2D eigenvalue weighted by atomic mass is 10.2. The van der Waals surface area contributed by atoms with Gasteiger partial charge < -0.3 is 14.6 Å². The van der Waals surface area contributed by atoms with Gasteiger partial charge in [-0.2, -0.15) is 0 Å². The van der Waals surface area contributed by atoms with Crippen LogP contribution >= 0.6 is 0 Å². The van der Waals surface area contributed by atoms with Crippen molar-refractivity contribution in [2.45, 2.75) is 33.4 Å². The van der Waals surface area contributed by atoms with Crippen LogP contribution in [0.1, 0.15) is 35.0 Å². The second-order valence-corrected chi connectivity index (χ2v) is 5.70. The van der Waals surface area contributed by atoms with Gasteiger partial charge in [-0.3, -0.25) is 14.4 Å². The molecule has 2 aromatic rings. The number of benzene rings is 1. The largest absolute Gasteiger partial charge is 0.483 e. The van der Waals surface area contributed by atoms with Crippen LogP contribution in [0.3, 0.4) is 0 Å². The third-order valence-corrected chi connectivity index (χ3v) is 3.72. The molecular formula is C19H22N2O4. The smallest absolute Gasteiger partial charge is 0.294 e. The zero-order chi connectivity index (χ0) is 18.2. The summed E-state index contributed by atoms with van der Waals surface area (Å²) in [4.78, 5) is 35.9. The van der Waals surface area contributed by atoms with Gasteiger partial charge in [0.1, 0.15) is 13.2 Å². The van der Waals surface area contributed by atoms with Crippen molar-refractivity contribution in [1.82, 2.24) is 9.88 Å². The highest BCUT2D eigenvalue weighted by atomic mass is 16.5. The number of hydrogen-bond acceptors (Lipinski definition) is 4. The molecule has 1 aromatic carbocycles. The first-order valence-electron chi connectivity index (χ1n) is 8.19. The molecule has 1 heterocycles. The van der Waals surface area contributed by atoms with E-state index in [1.807, 2.05) is 37.3 Å². The summed E-state index contributed by atoms with van der Waals surface area (Å²) in [6, 6.07) is 10.9. The molecule has 2 rings (SSSR count). The zero-order valence-corrected chi connectivity index (χ0v) is 14.5. The van der Waals surface area contributed by atoms with Gasteiger partial charge in [-0.25, -0.2) is 0 Å². The average molecular weight is 342 g/mol. The number of aldehydes is 1. The molecule has 132 valence electrons. The number of nitrogens with zero attached hydrogens (tertiary/aromatic N) is 1. The molecule has 0 unspecified atom stereocenters. The molecule has 25 heavy (non-hydrogen) atoms. The van der Waals surface area contributed by atoms with Crippen molar-refractivity contribution < 1.29 is 14.3 Å². The van der Waals surface area contributed by atoms with Gasteiger partial charge in [0.2, 0.25) is 5.91 Å². The molecule has 0 saturated heterocycles. The van der Waals surface area contributed by atoms with Gasteiger partial charge in [-0.15, -0.1) is 0 Å². The predicted octanol–water partition coefficient (Wildman–Crippen LogP) is 2.07. The molecule has 0 spiro atoms. The number of pyridine rings is 1. The number of carbonyl (C=O) groups excluding carboxylic acids is 2. The zero-order valence-electron chi connectivity index (χ0n) is 14.5. The summed E-state index contributed by atoms with van der Waals surface area (Å²) in [7, 11) is 0. The average Bonchev–Trinajstić information content (AvgIpc) is 2.63. The van der Waals surface area contributed by atoms with E-state index in [9.17, 15) is 14.4 Å². The van der Waals surface area contributed by atoms with Crippen molar-refractivity contribution >= 4 is 12.2 Å². The molecule has 0 fully saturated rings. The Labute approximate surface area is 146 Å². The van der Waals surface area contributed by atoms with Crippen LogP contribution in [-0.2, 0) is 17.9 Å². The number of ether oxygens (including phenoxy) is 1. The first-order chi connectivity index (χ1) is 12.1. The van der Waals surface area contributed by atoms with E-state index in [1.54, 1.807) is 13.0 Å². The molecule has 0 aliphatic carbocycles. The van der Waals surface area contributed by atoms with Gasteiger partial charge in [0.05, 0.1) is 5.56 Å². The molecule has 1 aromatic heterocycles. The summed E-state index contributed by atoms with van der Waals surface area (Å²) in [6.07, 6.45) is 1.41. The number of aromatic nitrogens is 1. The molecule has 0 aliphatic heterocycles. The standard InChI is InChI=1S/C19H22N2O4/c1-3-9-20-17(23)11-21-14(2)10-16(12-22)18(19(21)24)25-13-15-7-5-4-6-8-15/h4-8,10,12H,3,9,11,13H2,1-2H3,(H,20,23). The maximum atomic E-state index is 12.7. The van der Waals surface area contributed by atoms with E-state index in [0.29, 0.717) is 18.5 Å². The summed E-state index contributed by atoms with van der Waals surface area (Å²) >= 11 is 0. The van der Waals surface area contributed by atoms with E-state index in [2.05, 4.69) is 5.32 Å². The number of amides is 1. The molecule has 6 heteroatoms. The Hall–Kier alpha value is -2.89. The van der Waals surface area contributed by atoms with Crippen LogP contribution < -0.4 is 15.6 Å². The van der Waals surface area contributed by atoms with E-state index >= 15 is 0 Å². The minimum absolute atomic E-state index is 0.0345. The fourth-order valence-electron chi connectivity index (χ4n) is 2.40. The minimum atomic E-state index is -0.482. The first kappa shape index (κ1) is 18.4.